The molecule has 2 fully saturated rings. The largest absolute Gasteiger partial charge is 0.302 e. The Morgan fingerprint density at radius 1 is 1.18 bits per heavy atom. The van der Waals surface area contributed by atoms with Crippen molar-refractivity contribution in [3.8, 4) is 0 Å². The minimum Gasteiger partial charge on any atom is -0.302 e. The van der Waals surface area contributed by atoms with Gasteiger partial charge in [-0.1, -0.05) is 39.0 Å². The van der Waals surface area contributed by atoms with E-state index >= 15 is 0 Å². The number of likely N-dealkylation sites (tertiary alicyclic amines) is 1. The van der Waals surface area contributed by atoms with Crippen molar-refractivity contribution in [1.82, 2.24) is 4.90 Å². The first kappa shape index (κ1) is 13.7. The first-order valence-corrected chi connectivity index (χ1v) is 8.24. The average Bonchev–Trinajstić information content (AvgIpc) is 2.67. The molecule has 0 radical (unpaired) electrons. The highest BCUT2D eigenvalue weighted by atomic mass is 32.1. The first-order valence-electron chi connectivity index (χ1n) is 7.61. The average molecular weight is 255 g/mol. The lowest BCUT2D eigenvalue weighted by Crippen LogP contribution is -2.38. The highest BCUT2D eigenvalue weighted by Crippen LogP contribution is 2.38. The van der Waals surface area contributed by atoms with Crippen LogP contribution in [-0.2, 0) is 0 Å². The maximum absolute atomic E-state index is 4.69. The molecule has 0 amide bonds. The van der Waals surface area contributed by atoms with Gasteiger partial charge in [0.15, 0.2) is 0 Å². The number of thiol groups is 1. The topological polar surface area (TPSA) is 3.24 Å². The summed E-state index contributed by atoms with van der Waals surface area (Å²) in [6, 6.07) is 0. The van der Waals surface area contributed by atoms with Crippen molar-refractivity contribution in [2.75, 3.05) is 25.4 Å². The Labute approximate surface area is 113 Å². The third-order valence-corrected chi connectivity index (χ3v) is 5.68. The molecule has 1 saturated heterocycles. The molecule has 0 N–H and O–H groups in total. The molecule has 1 aliphatic carbocycles. The zero-order valence-electron chi connectivity index (χ0n) is 11.5. The zero-order chi connectivity index (χ0) is 12.1. The van der Waals surface area contributed by atoms with Gasteiger partial charge in [0, 0.05) is 13.1 Å². The Kier molecular flexibility index (Phi) is 5.23. The Hall–Kier alpha value is 0.310. The summed E-state index contributed by atoms with van der Waals surface area (Å²) in [5.74, 6) is 2.07. The number of nitrogens with zero attached hydrogens (tertiary/aromatic N) is 1. The van der Waals surface area contributed by atoms with E-state index in [1.165, 1.54) is 71.0 Å². The van der Waals surface area contributed by atoms with E-state index < -0.39 is 0 Å². The minimum absolute atomic E-state index is 0.544. The third kappa shape index (κ3) is 3.64. The van der Waals surface area contributed by atoms with E-state index in [2.05, 4.69) is 24.5 Å². The van der Waals surface area contributed by atoms with Gasteiger partial charge in [-0.25, -0.2) is 0 Å². The van der Waals surface area contributed by atoms with Crippen LogP contribution in [0.3, 0.4) is 0 Å². The van der Waals surface area contributed by atoms with Crippen molar-refractivity contribution in [3.05, 3.63) is 0 Å². The van der Waals surface area contributed by atoms with Crippen LogP contribution in [0.1, 0.15) is 58.3 Å². The molecule has 1 heterocycles. The second-order valence-corrected chi connectivity index (χ2v) is 6.69. The molecule has 0 aromatic carbocycles. The van der Waals surface area contributed by atoms with Gasteiger partial charge in [0.05, 0.1) is 0 Å². The monoisotopic (exact) mass is 255 g/mol. The van der Waals surface area contributed by atoms with Crippen LogP contribution in [0.5, 0.6) is 0 Å². The number of rotatable bonds is 4. The van der Waals surface area contributed by atoms with Gasteiger partial charge in [-0.15, -0.1) is 0 Å². The summed E-state index contributed by atoms with van der Waals surface area (Å²) in [6.07, 6.45) is 11.4. The molecular formula is C15H29NS. The fourth-order valence-electron chi connectivity index (χ4n) is 3.71. The molecule has 1 unspecified atom stereocenters. The lowest BCUT2D eigenvalue weighted by atomic mass is 9.81. The van der Waals surface area contributed by atoms with Crippen molar-refractivity contribution >= 4 is 12.6 Å². The van der Waals surface area contributed by atoms with Crippen LogP contribution in [0.15, 0.2) is 0 Å². The van der Waals surface area contributed by atoms with Gasteiger partial charge in [0.2, 0.25) is 0 Å². The van der Waals surface area contributed by atoms with Crippen molar-refractivity contribution in [1.29, 1.82) is 0 Å². The quantitative estimate of drug-likeness (QED) is 0.587. The molecule has 1 aliphatic heterocycles. The van der Waals surface area contributed by atoms with Crippen LogP contribution >= 0.6 is 12.6 Å². The fourth-order valence-corrected chi connectivity index (χ4v) is 4.13. The van der Waals surface area contributed by atoms with Crippen molar-refractivity contribution < 1.29 is 0 Å². The summed E-state index contributed by atoms with van der Waals surface area (Å²) in [6.45, 7) is 6.36. The molecule has 0 bridgehead atoms. The van der Waals surface area contributed by atoms with Gasteiger partial charge in [0.1, 0.15) is 0 Å². The van der Waals surface area contributed by atoms with Gasteiger partial charge in [-0.05, 0) is 42.9 Å². The molecule has 1 atom stereocenters. The van der Waals surface area contributed by atoms with E-state index in [0.717, 1.165) is 11.7 Å². The Bertz CT molecular complexity index is 221. The summed E-state index contributed by atoms with van der Waals surface area (Å²) in [5, 5.41) is 0. The summed E-state index contributed by atoms with van der Waals surface area (Å²) in [4.78, 5) is 2.73. The molecule has 2 aliphatic rings. The van der Waals surface area contributed by atoms with Crippen LogP contribution in [0, 0.1) is 11.3 Å². The van der Waals surface area contributed by atoms with E-state index in [4.69, 9.17) is 0 Å². The Morgan fingerprint density at radius 3 is 2.41 bits per heavy atom. The molecule has 100 valence electrons. The van der Waals surface area contributed by atoms with Gasteiger partial charge >= 0.3 is 0 Å². The SMILES string of the molecule is CCC1CCN(CC2(CS)CCCCCC2)C1. The normalized spacial score (nSPS) is 30.4. The number of hydrogen-bond acceptors (Lipinski definition) is 2. The fraction of sp³-hybridized carbons (Fsp3) is 1.00. The third-order valence-electron chi connectivity index (χ3n) is 5.01. The van der Waals surface area contributed by atoms with Gasteiger partial charge in [-0.2, -0.15) is 12.6 Å². The van der Waals surface area contributed by atoms with E-state index in [1.807, 2.05) is 0 Å². The van der Waals surface area contributed by atoms with Crippen molar-refractivity contribution in [3.63, 3.8) is 0 Å². The molecule has 1 nitrogen and oxygen atoms in total. The lowest BCUT2D eigenvalue weighted by Gasteiger charge is -2.35. The molecule has 2 heteroatoms. The maximum atomic E-state index is 4.69. The highest BCUT2D eigenvalue weighted by Gasteiger charge is 2.33. The minimum atomic E-state index is 0.544. The van der Waals surface area contributed by atoms with Crippen molar-refractivity contribution in [2.24, 2.45) is 11.3 Å². The predicted octanol–water partition coefficient (Wildman–Crippen LogP) is 3.99. The van der Waals surface area contributed by atoms with Crippen molar-refractivity contribution in [2.45, 2.75) is 58.3 Å². The van der Waals surface area contributed by atoms with Gasteiger partial charge in [-0.3, -0.25) is 0 Å². The van der Waals surface area contributed by atoms with Crippen LogP contribution in [0.25, 0.3) is 0 Å². The molecule has 0 aromatic heterocycles. The van der Waals surface area contributed by atoms with Crippen LogP contribution in [0.2, 0.25) is 0 Å². The summed E-state index contributed by atoms with van der Waals surface area (Å²) in [5.41, 5.74) is 0.544. The maximum Gasteiger partial charge on any atom is 0.00459 e. The van der Waals surface area contributed by atoms with Gasteiger partial charge < -0.3 is 4.90 Å². The van der Waals surface area contributed by atoms with E-state index in [-0.39, 0.29) is 0 Å². The molecule has 17 heavy (non-hydrogen) atoms. The van der Waals surface area contributed by atoms with E-state index in [9.17, 15) is 0 Å². The molecule has 0 spiro atoms. The summed E-state index contributed by atoms with van der Waals surface area (Å²) >= 11 is 4.69. The van der Waals surface area contributed by atoms with E-state index in [1.54, 1.807) is 0 Å². The highest BCUT2D eigenvalue weighted by molar-refractivity contribution is 7.80. The van der Waals surface area contributed by atoms with E-state index in [0.29, 0.717) is 5.41 Å². The predicted molar refractivity (Wildman–Crippen MR) is 78.8 cm³/mol. The zero-order valence-corrected chi connectivity index (χ0v) is 12.4. The molecule has 2 rings (SSSR count). The molecular weight excluding hydrogens is 226 g/mol. The van der Waals surface area contributed by atoms with Crippen LogP contribution in [0.4, 0.5) is 0 Å². The van der Waals surface area contributed by atoms with Crippen LogP contribution in [-0.4, -0.2) is 30.3 Å². The Balaban J connectivity index is 1.89. The second kappa shape index (κ2) is 6.47. The molecule has 0 aromatic rings. The van der Waals surface area contributed by atoms with Gasteiger partial charge in [0.25, 0.3) is 0 Å². The molecule has 1 saturated carbocycles. The smallest absolute Gasteiger partial charge is 0.00459 e. The lowest BCUT2D eigenvalue weighted by molar-refractivity contribution is 0.170. The summed E-state index contributed by atoms with van der Waals surface area (Å²) < 4.78 is 0. The first-order chi connectivity index (χ1) is 8.28. The second-order valence-electron chi connectivity index (χ2n) is 6.37. The summed E-state index contributed by atoms with van der Waals surface area (Å²) in [7, 11) is 0. The number of hydrogen-bond donors (Lipinski definition) is 1. The standard InChI is InChI=1S/C15H29NS/c1-2-14-7-10-16(11-14)12-15(13-17)8-5-3-4-6-9-15/h14,17H,2-13H2,1H3. The Morgan fingerprint density at radius 2 is 1.88 bits per heavy atom. The van der Waals surface area contributed by atoms with Crippen LogP contribution < -0.4 is 0 Å².